The van der Waals surface area contributed by atoms with E-state index in [9.17, 15) is 11.5 Å². The maximum absolute atomic E-state index is 9.90. The molecule has 0 aliphatic heterocycles. The van der Waals surface area contributed by atoms with Gasteiger partial charge in [0.15, 0.2) is 0 Å². The molecular formula is C9H7F4NSn. The van der Waals surface area contributed by atoms with Crippen LogP contribution in [0, 0.1) is 0 Å². The van der Waals surface area contributed by atoms with Crippen LogP contribution in [0.4, 0.5) is 11.5 Å². The third-order valence-corrected chi connectivity index (χ3v) is 1.51. The van der Waals surface area contributed by atoms with Crippen LogP contribution < -0.4 is 0 Å². The Morgan fingerprint density at radius 1 is 0.867 bits per heavy atom. The van der Waals surface area contributed by atoms with Gasteiger partial charge in [0.1, 0.15) is 0 Å². The summed E-state index contributed by atoms with van der Waals surface area (Å²) in [6, 6.07) is 12.1. The average molecular weight is 324 g/mol. The van der Waals surface area contributed by atoms with Crippen LogP contribution in [0.2, 0.25) is 0 Å². The van der Waals surface area contributed by atoms with Crippen LogP contribution in [0.15, 0.2) is 42.6 Å². The second-order valence-corrected chi connectivity index (χ2v) is 5.07. The first-order valence-corrected chi connectivity index (χ1v) is 8.34. The molecule has 1 aromatic heterocycles. The van der Waals surface area contributed by atoms with Gasteiger partial charge in [0.2, 0.25) is 0 Å². The molecule has 0 unspecified atom stereocenters. The number of rotatable bonds is 0. The van der Waals surface area contributed by atoms with Crippen molar-refractivity contribution < 1.29 is 11.5 Å². The minimum Gasteiger partial charge on any atom is -0.256 e. The van der Waals surface area contributed by atoms with Gasteiger partial charge >= 0.3 is 32.1 Å². The number of benzene rings is 1. The first-order chi connectivity index (χ1) is 6.97. The fraction of sp³-hybridized carbons (Fsp3) is 0. The molecule has 0 aliphatic carbocycles. The number of pyridine rings is 1. The van der Waals surface area contributed by atoms with Crippen molar-refractivity contribution in [3.63, 3.8) is 0 Å². The third kappa shape index (κ3) is 5.56. The van der Waals surface area contributed by atoms with Crippen molar-refractivity contribution in [3.05, 3.63) is 42.6 Å². The van der Waals surface area contributed by atoms with Crippen LogP contribution in [0.5, 0.6) is 0 Å². The molecule has 0 N–H and O–H groups in total. The Morgan fingerprint density at radius 3 is 2.00 bits per heavy atom. The molecule has 1 aromatic carbocycles. The topological polar surface area (TPSA) is 12.9 Å². The Labute approximate surface area is 90.7 Å². The Hall–Kier alpha value is -0.851. The Morgan fingerprint density at radius 2 is 1.40 bits per heavy atom. The van der Waals surface area contributed by atoms with Gasteiger partial charge in [-0.15, -0.1) is 0 Å². The number of para-hydroxylation sites is 1. The molecule has 0 atom stereocenters. The summed E-state index contributed by atoms with van der Waals surface area (Å²) in [4.78, 5) is 4.18. The summed E-state index contributed by atoms with van der Waals surface area (Å²) >= 11 is -7.18. The van der Waals surface area contributed by atoms with E-state index in [0.29, 0.717) is 0 Å². The van der Waals surface area contributed by atoms with Crippen molar-refractivity contribution in [2.75, 3.05) is 0 Å². The Kier molecular flexibility index (Phi) is 4.31. The molecule has 80 valence electrons. The normalized spacial score (nSPS) is 10.7. The van der Waals surface area contributed by atoms with Crippen molar-refractivity contribution >= 4 is 31.6 Å². The molecule has 0 amide bonds. The van der Waals surface area contributed by atoms with Crippen LogP contribution in [0.1, 0.15) is 0 Å². The van der Waals surface area contributed by atoms with Crippen molar-refractivity contribution in [3.8, 4) is 0 Å². The summed E-state index contributed by atoms with van der Waals surface area (Å²) in [6.07, 6.45) is 1.81. The largest absolute Gasteiger partial charge is 0.256 e. The molecule has 0 fully saturated rings. The first kappa shape index (κ1) is 12.2. The summed E-state index contributed by atoms with van der Waals surface area (Å²) in [7, 11) is 0. The van der Waals surface area contributed by atoms with Gasteiger partial charge in [-0.3, -0.25) is 4.98 Å². The molecule has 0 saturated carbocycles. The maximum atomic E-state index is 9.90. The molecule has 0 spiro atoms. The number of hydrogen-bond acceptors (Lipinski definition) is 1. The van der Waals surface area contributed by atoms with Gasteiger partial charge in [-0.1, -0.05) is 24.3 Å². The predicted molar refractivity (Wildman–Crippen MR) is 51.9 cm³/mol. The van der Waals surface area contributed by atoms with Crippen LogP contribution in [0.25, 0.3) is 10.9 Å². The Bertz CT molecular complexity index is 358. The summed E-state index contributed by atoms with van der Waals surface area (Å²) in [5.41, 5.74) is 1.06. The molecule has 2 aromatic rings. The van der Waals surface area contributed by atoms with Gasteiger partial charge in [-0.25, -0.2) is 0 Å². The number of halogens is 4. The molecular weight excluding hydrogens is 317 g/mol. The minimum absolute atomic E-state index is 1.06. The van der Waals surface area contributed by atoms with Crippen LogP contribution in [0.3, 0.4) is 0 Å². The summed E-state index contributed by atoms with van der Waals surface area (Å²) in [5.74, 6) is 0. The van der Waals surface area contributed by atoms with Gasteiger partial charge in [-0.2, -0.15) is 0 Å². The predicted octanol–water partition coefficient (Wildman–Crippen LogP) is 3.53. The zero-order chi connectivity index (χ0) is 11.3. The molecule has 1 heterocycles. The van der Waals surface area contributed by atoms with Crippen molar-refractivity contribution in [2.45, 2.75) is 0 Å². The number of fused-ring (bicyclic) bond motifs is 1. The molecule has 0 aliphatic rings. The van der Waals surface area contributed by atoms with E-state index in [1.807, 2.05) is 30.5 Å². The van der Waals surface area contributed by atoms with E-state index in [4.69, 9.17) is 0 Å². The van der Waals surface area contributed by atoms with E-state index in [1.54, 1.807) is 0 Å². The standard InChI is InChI=1S/C9H7N.4FH.Sn/c1-2-6-9-8(4-1)5-3-7-10-9;;;;;/h1-7H;4*1H;/q;;;;;+4/p-4. The fourth-order valence-electron chi connectivity index (χ4n) is 1.02. The molecule has 15 heavy (non-hydrogen) atoms. The van der Waals surface area contributed by atoms with E-state index >= 15 is 0 Å². The minimum atomic E-state index is -7.18. The van der Waals surface area contributed by atoms with E-state index in [1.165, 1.54) is 5.39 Å². The van der Waals surface area contributed by atoms with Gasteiger partial charge < -0.3 is 0 Å². The summed E-state index contributed by atoms with van der Waals surface area (Å²) in [5, 5.41) is 1.20. The molecule has 2 rings (SSSR count). The molecule has 1 nitrogen and oxygen atoms in total. The molecule has 0 saturated heterocycles. The molecule has 0 bridgehead atoms. The van der Waals surface area contributed by atoms with E-state index in [2.05, 4.69) is 17.1 Å². The van der Waals surface area contributed by atoms with E-state index in [0.717, 1.165) is 5.52 Å². The van der Waals surface area contributed by atoms with Gasteiger partial charge in [0.25, 0.3) is 0 Å². The quantitative estimate of drug-likeness (QED) is 0.534. The van der Waals surface area contributed by atoms with Crippen LogP contribution in [-0.4, -0.2) is 25.6 Å². The van der Waals surface area contributed by atoms with Crippen LogP contribution in [-0.2, 0) is 0 Å². The summed E-state index contributed by atoms with van der Waals surface area (Å²) < 4.78 is 39.6. The average Bonchev–Trinajstić information content (AvgIpc) is 2.16. The van der Waals surface area contributed by atoms with Crippen molar-refractivity contribution in [2.24, 2.45) is 0 Å². The number of aromatic nitrogens is 1. The number of nitrogens with zero attached hydrogens (tertiary/aromatic N) is 1. The van der Waals surface area contributed by atoms with Crippen molar-refractivity contribution in [1.82, 2.24) is 4.98 Å². The summed E-state index contributed by atoms with van der Waals surface area (Å²) in [6.45, 7) is 0. The smallest absolute Gasteiger partial charge is 0.0701 e. The first-order valence-electron chi connectivity index (χ1n) is 4.02. The van der Waals surface area contributed by atoms with Crippen molar-refractivity contribution in [1.29, 1.82) is 0 Å². The zero-order valence-electron chi connectivity index (χ0n) is 7.50. The monoisotopic (exact) mass is 325 g/mol. The van der Waals surface area contributed by atoms with E-state index < -0.39 is 20.7 Å². The van der Waals surface area contributed by atoms with Gasteiger partial charge in [-0.05, 0) is 12.1 Å². The maximum Gasteiger partial charge on any atom is 0.0701 e. The Balaban J connectivity index is 0.000000195. The second kappa shape index (κ2) is 5.29. The van der Waals surface area contributed by atoms with Crippen LogP contribution >= 0.6 is 0 Å². The fourth-order valence-corrected chi connectivity index (χ4v) is 1.02. The number of hydrogen-bond donors (Lipinski definition) is 0. The second-order valence-electron chi connectivity index (χ2n) is 2.62. The van der Waals surface area contributed by atoms with Gasteiger partial charge in [0.05, 0.1) is 5.52 Å². The SMILES string of the molecule is [F][Sn]([F])([F])[F].c1ccc2ncccc2c1. The zero-order valence-corrected chi connectivity index (χ0v) is 10.4. The molecule has 0 radical (unpaired) electrons. The van der Waals surface area contributed by atoms with Gasteiger partial charge in [0, 0.05) is 11.6 Å². The third-order valence-electron chi connectivity index (χ3n) is 1.51. The molecule has 6 heteroatoms. The van der Waals surface area contributed by atoms with E-state index in [-0.39, 0.29) is 0 Å².